The van der Waals surface area contributed by atoms with E-state index in [1.54, 1.807) is 18.3 Å². The van der Waals surface area contributed by atoms with Gasteiger partial charge >= 0.3 is 0 Å². The fourth-order valence-electron chi connectivity index (χ4n) is 2.00. The fraction of sp³-hybridized carbons (Fsp3) is 0.0667. The second-order valence-corrected chi connectivity index (χ2v) is 4.94. The Balaban J connectivity index is 2.24. The monoisotopic (exact) mass is 313 g/mol. The highest BCUT2D eigenvalue weighted by atomic mass is 35.5. The molecule has 2 N–H and O–H groups in total. The maximum Gasteiger partial charge on any atom is 0.277 e. The quantitative estimate of drug-likeness (QED) is 0.776. The molecule has 3 aromatic rings. The third-order valence-corrected chi connectivity index (χ3v) is 3.26. The highest BCUT2D eigenvalue weighted by molar-refractivity contribution is 6.30. The summed E-state index contributed by atoms with van der Waals surface area (Å²) in [6.07, 6.45) is 5.01. The molecule has 2 aromatic heterocycles. The van der Waals surface area contributed by atoms with Gasteiger partial charge in [-0.05, 0) is 37.4 Å². The van der Waals surface area contributed by atoms with Gasteiger partial charge in [0.2, 0.25) is 0 Å². The number of hydrogen-bond donors (Lipinski definition) is 2. The highest BCUT2D eigenvalue weighted by Gasteiger charge is 2.12. The lowest BCUT2D eigenvalue weighted by Gasteiger charge is -2.07. The number of H-pyrrole nitrogens is 1. The number of nitrogens with zero attached hydrogens (tertiary/aromatic N) is 3. The summed E-state index contributed by atoms with van der Waals surface area (Å²) in [6, 6.07) is 7.17. The van der Waals surface area contributed by atoms with Gasteiger partial charge in [-0.25, -0.2) is 15.1 Å². The molecule has 0 aliphatic rings. The van der Waals surface area contributed by atoms with Gasteiger partial charge in [0.25, 0.3) is 5.56 Å². The van der Waals surface area contributed by atoms with Gasteiger partial charge in [0.1, 0.15) is 16.7 Å². The van der Waals surface area contributed by atoms with Crippen LogP contribution in [0.25, 0.3) is 22.3 Å². The van der Waals surface area contributed by atoms with Gasteiger partial charge in [-0.2, -0.15) is 5.10 Å². The Morgan fingerprint density at radius 3 is 2.73 bits per heavy atom. The number of fused-ring (bicyclic) bond motifs is 1. The summed E-state index contributed by atoms with van der Waals surface area (Å²) in [7, 11) is 0. The molecule has 0 aliphatic carbocycles. The van der Waals surface area contributed by atoms with Crippen molar-refractivity contribution < 1.29 is 0 Å². The molecular formula is C15H12ClN5O. The largest absolute Gasteiger partial charge is 0.346 e. The Labute approximate surface area is 130 Å². The summed E-state index contributed by atoms with van der Waals surface area (Å²) in [6.45, 7) is 1.86. The van der Waals surface area contributed by atoms with Gasteiger partial charge in [-0.3, -0.25) is 4.79 Å². The molecule has 0 amide bonds. The van der Waals surface area contributed by atoms with Crippen LogP contribution in [0.2, 0.25) is 5.02 Å². The van der Waals surface area contributed by atoms with Crippen molar-refractivity contribution in [2.75, 3.05) is 5.32 Å². The molecule has 0 aliphatic heterocycles. The van der Waals surface area contributed by atoms with Gasteiger partial charge in [0.15, 0.2) is 5.82 Å². The van der Waals surface area contributed by atoms with Gasteiger partial charge < -0.3 is 5.32 Å². The lowest BCUT2D eigenvalue weighted by Crippen LogP contribution is -2.12. The third-order valence-electron chi connectivity index (χ3n) is 3.01. The van der Waals surface area contributed by atoms with Gasteiger partial charge in [-0.15, -0.1) is 0 Å². The van der Waals surface area contributed by atoms with Crippen molar-refractivity contribution >= 4 is 28.3 Å². The number of nitrogens with one attached hydrogen (secondary N) is 2. The van der Waals surface area contributed by atoms with Gasteiger partial charge in [0.05, 0.1) is 6.20 Å². The maximum atomic E-state index is 12.0. The van der Waals surface area contributed by atoms with Crippen LogP contribution in [-0.2, 0) is 0 Å². The molecule has 1 aromatic carbocycles. The molecule has 0 unspecified atom stereocenters. The second kappa shape index (κ2) is 5.95. The second-order valence-electron chi connectivity index (χ2n) is 4.51. The van der Waals surface area contributed by atoms with Crippen LogP contribution in [0.3, 0.4) is 0 Å². The van der Waals surface area contributed by atoms with Crippen LogP contribution in [0.1, 0.15) is 6.92 Å². The Kier molecular flexibility index (Phi) is 3.84. The van der Waals surface area contributed by atoms with Crippen molar-refractivity contribution in [3.05, 3.63) is 58.1 Å². The van der Waals surface area contributed by atoms with Crippen molar-refractivity contribution in [1.29, 1.82) is 0 Å². The smallest absolute Gasteiger partial charge is 0.277 e. The first-order chi connectivity index (χ1) is 10.7. The Morgan fingerprint density at radius 2 is 2.00 bits per heavy atom. The standard InChI is InChI=1S/C15H12ClN5O/c1-2-7-17-14-12-11(8-18-21-15(12)22)19-13(20-14)9-3-5-10(16)6-4-9/h2-8H,1H3,(H,21,22)(H,17,19,20)/b7-2+. The van der Waals surface area contributed by atoms with Crippen LogP contribution in [0, 0.1) is 0 Å². The SMILES string of the molecule is C/C=C/Nc1nc(-c2ccc(Cl)cc2)nc2cn[nH]c(=O)c12. The molecule has 0 saturated carbocycles. The number of aromatic amines is 1. The van der Waals surface area contributed by atoms with Gasteiger partial charge in [0, 0.05) is 10.6 Å². The molecule has 0 fully saturated rings. The number of rotatable bonds is 3. The molecule has 0 bridgehead atoms. The zero-order chi connectivity index (χ0) is 15.5. The number of benzene rings is 1. The van der Waals surface area contributed by atoms with E-state index in [2.05, 4.69) is 25.5 Å². The van der Waals surface area contributed by atoms with E-state index in [9.17, 15) is 4.79 Å². The normalized spacial score (nSPS) is 11.2. The van der Waals surface area contributed by atoms with E-state index in [1.165, 1.54) is 6.20 Å². The highest BCUT2D eigenvalue weighted by Crippen LogP contribution is 2.23. The molecular weight excluding hydrogens is 302 g/mol. The molecule has 3 rings (SSSR count). The van der Waals surface area contributed by atoms with E-state index < -0.39 is 0 Å². The summed E-state index contributed by atoms with van der Waals surface area (Å²) < 4.78 is 0. The molecule has 0 atom stereocenters. The van der Waals surface area contributed by atoms with E-state index in [4.69, 9.17) is 11.6 Å². The van der Waals surface area contributed by atoms with Crippen LogP contribution < -0.4 is 10.9 Å². The summed E-state index contributed by atoms with van der Waals surface area (Å²) in [5.74, 6) is 0.917. The average Bonchev–Trinajstić information content (AvgIpc) is 2.53. The van der Waals surface area contributed by atoms with Gasteiger partial charge in [-0.1, -0.05) is 17.7 Å². The first kappa shape index (κ1) is 14.2. The van der Waals surface area contributed by atoms with E-state index >= 15 is 0 Å². The molecule has 0 radical (unpaired) electrons. The summed E-state index contributed by atoms with van der Waals surface area (Å²) >= 11 is 5.90. The lowest BCUT2D eigenvalue weighted by atomic mass is 10.2. The van der Waals surface area contributed by atoms with Crippen molar-refractivity contribution in [2.45, 2.75) is 6.92 Å². The van der Waals surface area contributed by atoms with Crippen molar-refractivity contribution in [1.82, 2.24) is 20.2 Å². The summed E-state index contributed by atoms with van der Waals surface area (Å²) in [5.41, 5.74) is 0.929. The predicted molar refractivity (Wildman–Crippen MR) is 86.8 cm³/mol. The first-order valence-corrected chi connectivity index (χ1v) is 6.96. The summed E-state index contributed by atoms with van der Waals surface area (Å²) in [5, 5.41) is 10.2. The number of hydrogen-bond acceptors (Lipinski definition) is 5. The van der Waals surface area contributed by atoms with Crippen LogP contribution >= 0.6 is 11.6 Å². The number of anilines is 1. The molecule has 0 spiro atoms. The van der Waals surface area contributed by atoms with Crippen molar-refractivity contribution in [3.8, 4) is 11.4 Å². The average molecular weight is 314 g/mol. The van der Waals surface area contributed by atoms with Crippen molar-refractivity contribution in [2.24, 2.45) is 0 Å². The van der Waals surface area contributed by atoms with Crippen molar-refractivity contribution in [3.63, 3.8) is 0 Å². The summed E-state index contributed by atoms with van der Waals surface area (Å²) in [4.78, 5) is 20.8. The molecule has 7 heteroatoms. The predicted octanol–water partition coefficient (Wildman–Crippen LogP) is 2.98. The molecule has 0 saturated heterocycles. The minimum atomic E-state index is -0.341. The number of halogens is 1. The van der Waals surface area contributed by atoms with Crippen LogP contribution in [0.4, 0.5) is 5.82 Å². The first-order valence-electron chi connectivity index (χ1n) is 6.58. The molecule has 6 nitrogen and oxygen atoms in total. The number of aromatic nitrogens is 4. The molecule has 22 heavy (non-hydrogen) atoms. The fourth-order valence-corrected chi connectivity index (χ4v) is 2.12. The lowest BCUT2D eigenvalue weighted by molar-refractivity contribution is 1.00. The van der Waals surface area contributed by atoms with Crippen LogP contribution in [0.5, 0.6) is 0 Å². The number of allylic oxidation sites excluding steroid dienone is 1. The topological polar surface area (TPSA) is 83.6 Å². The minimum absolute atomic E-state index is 0.341. The maximum absolute atomic E-state index is 12.0. The molecule has 110 valence electrons. The minimum Gasteiger partial charge on any atom is -0.346 e. The van der Waals surface area contributed by atoms with E-state index in [0.717, 1.165) is 5.56 Å². The molecule has 2 heterocycles. The van der Waals surface area contributed by atoms with E-state index in [1.807, 2.05) is 25.1 Å². The van der Waals surface area contributed by atoms with Crippen LogP contribution in [0.15, 0.2) is 47.5 Å². The van der Waals surface area contributed by atoms with Crippen LogP contribution in [-0.4, -0.2) is 20.2 Å². The zero-order valence-corrected chi connectivity index (χ0v) is 12.4. The Hall–Kier alpha value is -2.73. The zero-order valence-electron chi connectivity index (χ0n) is 11.7. The van der Waals surface area contributed by atoms with E-state index in [0.29, 0.717) is 27.6 Å². The Bertz CT molecular complexity index is 902. The Morgan fingerprint density at radius 1 is 1.23 bits per heavy atom. The third kappa shape index (κ3) is 2.68. The van der Waals surface area contributed by atoms with E-state index in [-0.39, 0.29) is 5.56 Å².